The van der Waals surface area contributed by atoms with E-state index in [9.17, 15) is 4.79 Å². The molecule has 0 aliphatic heterocycles. The molecule has 0 fully saturated rings. The van der Waals surface area contributed by atoms with Gasteiger partial charge in [-0.25, -0.2) is 0 Å². The maximum absolute atomic E-state index is 11.1. The number of nitrogens with zero attached hydrogens (tertiary/aromatic N) is 1. The van der Waals surface area contributed by atoms with Crippen LogP contribution in [-0.4, -0.2) is 36.8 Å². The minimum Gasteiger partial charge on any atom is -0.481 e. The highest BCUT2D eigenvalue weighted by Gasteiger charge is 2.19. The average molecular weight is 223 g/mol. The van der Waals surface area contributed by atoms with Crippen LogP contribution in [0.4, 0.5) is 0 Å². The molecule has 0 radical (unpaired) electrons. The zero-order valence-electron chi connectivity index (χ0n) is 9.59. The second-order valence-corrected chi connectivity index (χ2v) is 3.72. The molecule has 4 heteroatoms. The monoisotopic (exact) mass is 223 g/mol. The van der Waals surface area contributed by atoms with Crippen LogP contribution in [0, 0.1) is 5.92 Å². The van der Waals surface area contributed by atoms with E-state index in [2.05, 4.69) is 0 Å². The molecule has 0 aromatic heterocycles. The van der Waals surface area contributed by atoms with Gasteiger partial charge in [0.25, 0.3) is 0 Å². The summed E-state index contributed by atoms with van der Waals surface area (Å²) in [6.45, 7) is 0.376. The second-order valence-electron chi connectivity index (χ2n) is 3.72. The lowest BCUT2D eigenvalue weighted by atomic mass is 9.99. The Hall–Kier alpha value is -1.39. The van der Waals surface area contributed by atoms with E-state index in [0.29, 0.717) is 13.0 Å². The molecular formula is C12H17NO3. The molecule has 16 heavy (non-hydrogen) atoms. The summed E-state index contributed by atoms with van der Waals surface area (Å²) in [6, 6.07) is 9.61. The van der Waals surface area contributed by atoms with E-state index >= 15 is 0 Å². The largest absolute Gasteiger partial charge is 0.481 e. The summed E-state index contributed by atoms with van der Waals surface area (Å²) < 4.78 is 0. The number of aliphatic carboxylic acids is 1. The lowest BCUT2D eigenvalue weighted by Gasteiger charge is -2.19. The summed E-state index contributed by atoms with van der Waals surface area (Å²) in [6.07, 6.45) is 0.518. The van der Waals surface area contributed by atoms with Crippen LogP contribution in [0.15, 0.2) is 30.3 Å². The van der Waals surface area contributed by atoms with Gasteiger partial charge in [0, 0.05) is 13.6 Å². The highest BCUT2D eigenvalue weighted by Crippen LogP contribution is 2.10. The Morgan fingerprint density at radius 3 is 2.56 bits per heavy atom. The number of carbonyl (C=O) groups is 1. The molecule has 0 bridgehead atoms. The fraction of sp³-hybridized carbons (Fsp3) is 0.417. The topological polar surface area (TPSA) is 49.8 Å². The van der Waals surface area contributed by atoms with Crippen LogP contribution in [0.25, 0.3) is 0 Å². The van der Waals surface area contributed by atoms with Crippen LogP contribution in [0.5, 0.6) is 0 Å². The van der Waals surface area contributed by atoms with Gasteiger partial charge in [0.1, 0.15) is 0 Å². The van der Waals surface area contributed by atoms with Gasteiger partial charge in [-0.2, -0.15) is 5.06 Å². The van der Waals surface area contributed by atoms with Gasteiger partial charge in [-0.15, -0.1) is 0 Å². The van der Waals surface area contributed by atoms with Crippen LogP contribution < -0.4 is 0 Å². The van der Waals surface area contributed by atoms with E-state index in [1.54, 1.807) is 7.05 Å². The molecule has 0 aliphatic carbocycles. The first-order valence-electron chi connectivity index (χ1n) is 5.15. The Labute approximate surface area is 95.4 Å². The van der Waals surface area contributed by atoms with Crippen molar-refractivity contribution in [2.75, 3.05) is 20.7 Å². The third-order valence-electron chi connectivity index (χ3n) is 2.46. The lowest BCUT2D eigenvalue weighted by Crippen LogP contribution is -2.31. The van der Waals surface area contributed by atoms with E-state index in [0.717, 1.165) is 5.56 Å². The summed E-state index contributed by atoms with van der Waals surface area (Å²) in [5, 5.41) is 10.6. The van der Waals surface area contributed by atoms with Crippen LogP contribution in [-0.2, 0) is 16.1 Å². The third-order valence-corrected chi connectivity index (χ3v) is 2.46. The Balaban J connectivity index is 2.62. The number of benzene rings is 1. The first kappa shape index (κ1) is 12.7. The fourth-order valence-electron chi connectivity index (χ4n) is 1.51. The van der Waals surface area contributed by atoms with Gasteiger partial charge in [-0.1, -0.05) is 30.3 Å². The zero-order valence-corrected chi connectivity index (χ0v) is 9.59. The van der Waals surface area contributed by atoms with E-state index in [-0.39, 0.29) is 0 Å². The summed E-state index contributed by atoms with van der Waals surface area (Å²) in [5.41, 5.74) is 1.03. The van der Waals surface area contributed by atoms with Gasteiger partial charge in [-0.3, -0.25) is 4.79 Å². The van der Waals surface area contributed by atoms with Gasteiger partial charge in [0.05, 0.1) is 13.0 Å². The minimum absolute atomic E-state index is 0.376. The first-order chi connectivity index (χ1) is 7.63. The Bertz CT molecular complexity index is 326. The molecule has 4 nitrogen and oxygen atoms in total. The van der Waals surface area contributed by atoms with E-state index < -0.39 is 11.9 Å². The van der Waals surface area contributed by atoms with Crippen molar-refractivity contribution >= 4 is 5.97 Å². The molecule has 1 aromatic rings. The van der Waals surface area contributed by atoms with Crippen molar-refractivity contribution in [2.45, 2.75) is 6.42 Å². The predicted octanol–water partition coefficient (Wildman–Crippen LogP) is 1.42. The van der Waals surface area contributed by atoms with E-state index in [1.807, 2.05) is 30.3 Å². The van der Waals surface area contributed by atoms with Crippen LogP contribution in [0.1, 0.15) is 5.56 Å². The minimum atomic E-state index is -0.798. The maximum Gasteiger partial charge on any atom is 0.308 e. The van der Waals surface area contributed by atoms with Crippen molar-refractivity contribution < 1.29 is 14.7 Å². The Morgan fingerprint density at radius 1 is 1.44 bits per heavy atom. The maximum atomic E-state index is 11.1. The van der Waals surface area contributed by atoms with Crippen molar-refractivity contribution in [1.29, 1.82) is 0 Å². The number of hydrogen-bond acceptors (Lipinski definition) is 3. The molecule has 1 unspecified atom stereocenters. The quantitative estimate of drug-likeness (QED) is 0.741. The number of hydroxylamine groups is 2. The van der Waals surface area contributed by atoms with Crippen molar-refractivity contribution in [2.24, 2.45) is 5.92 Å². The van der Waals surface area contributed by atoms with Crippen molar-refractivity contribution in [3.63, 3.8) is 0 Å². The molecule has 0 spiro atoms. The normalized spacial score (nSPS) is 12.7. The highest BCUT2D eigenvalue weighted by atomic mass is 16.7. The first-order valence-corrected chi connectivity index (χ1v) is 5.15. The second kappa shape index (κ2) is 6.25. The molecule has 1 N–H and O–H groups in total. The summed E-state index contributed by atoms with van der Waals surface area (Å²) in [7, 11) is 3.25. The molecular weight excluding hydrogens is 206 g/mol. The molecule has 88 valence electrons. The predicted molar refractivity (Wildman–Crippen MR) is 60.9 cm³/mol. The van der Waals surface area contributed by atoms with Gasteiger partial charge in [0.15, 0.2) is 0 Å². The molecule has 0 saturated heterocycles. The van der Waals surface area contributed by atoms with Gasteiger partial charge < -0.3 is 9.94 Å². The SMILES string of the molecule is CON(C)CC(Cc1ccccc1)C(=O)O. The van der Waals surface area contributed by atoms with Crippen LogP contribution in [0.3, 0.4) is 0 Å². The number of carboxylic acids is 1. The number of carboxylic acid groups (broad SMARTS) is 1. The van der Waals surface area contributed by atoms with Crippen LogP contribution in [0.2, 0.25) is 0 Å². The van der Waals surface area contributed by atoms with Gasteiger partial charge in [0.2, 0.25) is 0 Å². The average Bonchev–Trinajstić information content (AvgIpc) is 2.29. The third kappa shape index (κ3) is 4.00. The van der Waals surface area contributed by atoms with E-state index in [1.165, 1.54) is 12.2 Å². The molecule has 1 atom stereocenters. The number of hydrogen-bond donors (Lipinski definition) is 1. The highest BCUT2D eigenvalue weighted by molar-refractivity contribution is 5.70. The summed E-state index contributed by atoms with van der Waals surface area (Å²) >= 11 is 0. The Morgan fingerprint density at radius 2 is 2.06 bits per heavy atom. The fourth-order valence-corrected chi connectivity index (χ4v) is 1.51. The standard InChI is InChI=1S/C12H17NO3/c1-13(16-2)9-11(12(14)15)8-10-6-4-3-5-7-10/h3-7,11H,8-9H2,1-2H3,(H,14,15). The van der Waals surface area contributed by atoms with Gasteiger partial charge in [-0.05, 0) is 12.0 Å². The van der Waals surface area contributed by atoms with Crippen molar-refractivity contribution in [3.05, 3.63) is 35.9 Å². The molecule has 0 aliphatic rings. The van der Waals surface area contributed by atoms with Crippen LogP contribution >= 0.6 is 0 Å². The Kier molecular flexibility index (Phi) is 4.95. The van der Waals surface area contributed by atoms with Gasteiger partial charge >= 0.3 is 5.97 Å². The summed E-state index contributed by atoms with van der Waals surface area (Å²) in [4.78, 5) is 16.0. The molecule has 0 saturated carbocycles. The van der Waals surface area contributed by atoms with Crippen molar-refractivity contribution in [3.8, 4) is 0 Å². The zero-order chi connectivity index (χ0) is 12.0. The summed E-state index contributed by atoms with van der Waals surface area (Å²) in [5.74, 6) is -1.25. The molecule has 0 heterocycles. The molecule has 1 rings (SSSR count). The smallest absolute Gasteiger partial charge is 0.308 e. The lowest BCUT2D eigenvalue weighted by molar-refractivity contribution is -0.152. The molecule has 0 amide bonds. The number of rotatable bonds is 6. The van der Waals surface area contributed by atoms with Crippen molar-refractivity contribution in [1.82, 2.24) is 5.06 Å². The van der Waals surface area contributed by atoms with E-state index in [4.69, 9.17) is 9.94 Å². The molecule has 1 aromatic carbocycles.